The SMILES string of the molecule is C=CCNC(=O)/C(C#N)=C/c1ccc(OC(=O)/C=C/c2ccc(OCCCCC)c(OC)c2)c(OC)c1. The van der Waals surface area contributed by atoms with Gasteiger partial charge in [0.05, 0.1) is 20.8 Å². The molecule has 2 aromatic carbocycles. The lowest BCUT2D eigenvalue weighted by Gasteiger charge is -2.11. The Morgan fingerprint density at radius 3 is 2.35 bits per heavy atom. The molecule has 0 aliphatic carbocycles. The lowest BCUT2D eigenvalue weighted by molar-refractivity contribution is -0.129. The molecule has 0 heterocycles. The Bertz CT molecular complexity index is 1190. The molecule has 0 spiro atoms. The zero-order valence-corrected chi connectivity index (χ0v) is 21.4. The van der Waals surface area contributed by atoms with Crippen molar-refractivity contribution in [2.45, 2.75) is 26.2 Å². The van der Waals surface area contributed by atoms with Gasteiger partial charge in [-0.25, -0.2) is 4.79 Å². The fraction of sp³-hybridized carbons (Fsp3) is 0.276. The lowest BCUT2D eigenvalue weighted by Crippen LogP contribution is -2.24. The molecule has 0 aliphatic rings. The number of benzene rings is 2. The Kier molecular flexibility index (Phi) is 12.0. The van der Waals surface area contributed by atoms with E-state index in [1.807, 2.05) is 12.1 Å². The van der Waals surface area contributed by atoms with Gasteiger partial charge in [-0.3, -0.25) is 4.79 Å². The number of hydrogen-bond acceptors (Lipinski definition) is 7. The van der Waals surface area contributed by atoms with E-state index in [1.165, 1.54) is 31.4 Å². The highest BCUT2D eigenvalue weighted by atomic mass is 16.6. The van der Waals surface area contributed by atoms with Gasteiger partial charge in [0, 0.05) is 12.6 Å². The molecular weight excluding hydrogens is 472 g/mol. The predicted octanol–water partition coefficient (Wildman–Crippen LogP) is 5.10. The van der Waals surface area contributed by atoms with Crippen molar-refractivity contribution in [3.05, 3.63) is 71.8 Å². The molecule has 2 rings (SSSR count). The molecule has 0 saturated heterocycles. The number of nitrogens with one attached hydrogen (secondary N) is 1. The summed E-state index contributed by atoms with van der Waals surface area (Å²) in [4.78, 5) is 24.5. The van der Waals surface area contributed by atoms with Crippen LogP contribution in [-0.4, -0.2) is 39.2 Å². The first-order chi connectivity index (χ1) is 17.9. The summed E-state index contributed by atoms with van der Waals surface area (Å²) in [7, 11) is 2.99. The molecule has 0 saturated carbocycles. The fourth-order valence-corrected chi connectivity index (χ4v) is 3.18. The quantitative estimate of drug-likeness (QED) is 0.0952. The van der Waals surface area contributed by atoms with Crippen molar-refractivity contribution in [1.29, 1.82) is 5.26 Å². The van der Waals surface area contributed by atoms with Crippen molar-refractivity contribution in [2.75, 3.05) is 27.4 Å². The number of nitrogens with zero attached hydrogens (tertiary/aromatic N) is 1. The minimum absolute atomic E-state index is 0.0793. The number of carbonyl (C=O) groups is 2. The first kappa shape index (κ1) is 28.7. The Morgan fingerprint density at radius 2 is 1.68 bits per heavy atom. The van der Waals surface area contributed by atoms with E-state index in [1.54, 1.807) is 37.5 Å². The van der Waals surface area contributed by atoms with Gasteiger partial charge in [0.25, 0.3) is 5.91 Å². The van der Waals surface area contributed by atoms with Crippen LogP contribution in [0.1, 0.15) is 37.3 Å². The summed E-state index contributed by atoms with van der Waals surface area (Å²) in [6.07, 6.45) is 9.02. The third kappa shape index (κ3) is 9.22. The molecule has 0 radical (unpaired) electrons. The fourth-order valence-electron chi connectivity index (χ4n) is 3.18. The molecule has 194 valence electrons. The monoisotopic (exact) mass is 504 g/mol. The average molecular weight is 505 g/mol. The van der Waals surface area contributed by atoms with Crippen LogP contribution in [0.2, 0.25) is 0 Å². The molecule has 8 nitrogen and oxygen atoms in total. The van der Waals surface area contributed by atoms with Gasteiger partial charge < -0.3 is 24.3 Å². The van der Waals surface area contributed by atoms with Crippen LogP contribution in [0.15, 0.2) is 60.7 Å². The minimum Gasteiger partial charge on any atom is -0.493 e. The van der Waals surface area contributed by atoms with E-state index in [0.717, 1.165) is 24.8 Å². The van der Waals surface area contributed by atoms with Crippen molar-refractivity contribution >= 4 is 24.0 Å². The zero-order valence-electron chi connectivity index (χ0n) is 21.4. The van der Waals surface area contributed by atoms with E-state index in [-0.39, 0.29) is 23.6 Å². The predicted molar refractivity (Wildman–Crippen MR) is 142 cm³/mol. The Labute approximate surface area is 217 Å². The Hall–Kier alpha value is -4.51. The molecular formula is C29H32N2O6. The number of unbranched alkanes of at least 4 members (excludes halogenated alkanes) is 2. The second-order valence-corrected chi connectivity index (χ2v) is 7.80. The molecule has 0 aromatic heterocycles. The van der Waals surface area contributed by atoms with Crippen molar-refractivity contribution in [3.63, 3.8) is 0 Å². The molecule has 0 bridgehead atoms. The molecule has 37 heavy (non-hydrogen) atoms. The molecule has 0 aliphatic heterocycles. The van der Waals surface area contributed by atoms with Gasteiger partial charge in [0.15, 0.2) is 23.0 Å². The van der Waals surface area contributed by atoms with E-state index in [4.69, 9.17) is 18.9 Å². The number of carbonyl (C=O) groups excluding carboxylic acids is 2. The van der Waals surface area contributed by atoms with Gasteiger partial charge in [-0.2, -0.15) is 5.26 Å². The standard InChI is InChI=1S/C29H32N2O6/c1-5-7-8-16-36-24-12-9-21(18-26(24)34-3)11-14-28(32)37-25-13-10-22(19-27(25)35-4)17-23(20-30)29(33)31-15-6-2/h6,9-14,17-19H,2,5,7-8,15-16H2,1,3-4H3,(H,31,33)/b14-11+,23-17+. The molecule has 2 aromatic rings. The van der Waals surface area contributed by atoms with Crippen molar-refractivity contribution < 1.29 is 28.5 Å². The van der Waals surface area contributed by atoms with Crippen LogP contribution < -0.4 is 24.3 Å². The number of methoxy groups -OCH3 is 2. The highest BCUT2D eigenvalue weighted by Crippen LogP contribution is 2.30. The maximum Gasteiger partial charge on any atom is 0.336 e. The van der Waals surface area contributed by atoms with Gasteiger partial charge >= 0.3 is 5.97 Å². The van der Waals surface area contributed by atoms with Gasteiger partial charge in [-0.05, 0) is 54.0 Å². The first-order valence-electron chi connectivity index (χ1n) is 11.8. The summed E-state index contributed by atoms with van der Waals surface area (Å²) < 4.78 is 21.9. The van der Waals surface area contributed by atoms with Crippen LogP contribution in [0.4, 0.5) is 0 Å². The van der Waals surface area contributed by atoms with Gasteiger partial charge in [-0.15, -0.1) is 6.58 Å². The van der Waals surface area contributed by atoms with Crippen LogP contribution in [0.25, 0.3) is 12.2 Å². The minimum atomic E-state index is -0.609. The maximum absolute atomic E-state index is 12.4. The van der Waals surface area contributed by atoms with Gasteiger partial charge in [0.1, 0.15) is 11.6 Å². The summed E-state index contributed by atoms with van der Waals surface area (Å²) in [6, 6.07) is 12.0. The zero-order chi connectivity index (χ0) is 27.0. The number of amides is 1. The van der Waals surface area contributed by atoms with Crippen LogP contribution in [0.5, 0.6) is 23.0 Å². The van der Waals surface area contributed by atoms with E-state index in [0.29, 0.717) is 23.7 Å². The van der Waals surface area contributed by atoms with Gasteiger partial charge in [-0.1, -0.05) is 38.0 Å². The van der Waals surface area contributed by atoms with E-state index in [2.05, 4.69) is 18.8 Å². The van der Waals surface area contributed by atoms with Crippen LogP contribution in [0, 0.1) is 11.3 Å². The Balaban J connectivity index is 2.09. The smallest absolute Gasteiger partial charge is 0.336 e. The number of nitriles is 1. The van der Waals surface area contributed by atoms with E-state index < -0.39 is 11.9 Å². The molecule has 1 N–H and O–H groups in total. The van der Waals surface area contributed by atoms with Crippen molar-refractivity contribution in [1.82, 2.24) is 5.32 Å². The van der Waals surface area contributed by atoms with Crippen LogP contribution in [0.3, 0.4) is 0 Å². The van der Waals surface area contributed by atoms with E-state index >= 15 is 0 Å². The molecule has 1 amide bonds. The molecule has 8 heteroatoms. The number of rotatable bonds is 14. The van der Waals surface area contributed by atoms with Crippen molar-refractivity contribution in [2.24, 2.45) is 0 Å². The van der Waals surface area contributed by atoms with Gasteiger partial charge in [0.2, 0.25) is 0 Å². The number of ether oxygens (including phenoxy) is 4. The molecule has 0 unspecified atom stereocenters. The second-order valence-electron chi connectivity index (χ2n) is 7.80. The summed E-state index contributed by atoms with van der Waals surface area (Å²) >= 11 is 0. The average Bonchev–Trinajstić information content (AvgIpc) is 2.92. The molecule has 0 atom stereocenters. The first-order valence-corrected chi connectivity index (χ1v) is 11.8. The highest BCUT2D eigenvalue weighted by Gasteiger charge is 2.12. The van der Waals surface area contributed by atoms with Crippen LogP contribution in [-0.2, 0) is 9.59 Å². The normalized spacial score (nSPS) is 10.9. The second kappa shape index (κ2) is 15.5. The summed E-state index contributed by atoms with van der Waals surface area (Å²) in [5.41, 5.74) is 1.19. The number of hydrogen-bond donors (Lipinski definition) is 1. The summed E-state index contributed by atoms with van der Waals surface area (Å²) in [5, 5.41) is 11.8. The van der Waals surface area contributed by atoms with E-state index in [9.17, 15) is 14.9 Å². The third-order valence-corrected chi connectivity index (χ3v) is 5.09. The third-order valence-electron chi connectivity index (χ3n) is 5.09. The molecule has 0 fully saturated rings. The maximum atomic E-state index is 12.4. The van der Waals surface area contributed by atoms with Crippen LogP contribution >= 0.6 is 0 Å². The summed E-state index contributed by atoms with van der Waals surface area (Å²) in [6.45, 7) is 6.52. The van der Waals surface area contributed by atoms with Crippen molar-refractivity contribution in [3.8, 4) is 29.1 Å². The topological polar surface area (TPSA) is 107 Å². The highest BCUT2D eigenvalue weighted by molar-refractivity contribution is 6.01. The Morgan fingerprint density at radius 1 is 1.00 bits per heavy atom. The summed E-state index contributed by atoms with van der Waals surface area (Å²) in [5.74, 6) is 0.557. The lowest BCUT2D eigenvalue weighted by atomic mass is 10.1. The largest absolute Gasteiger partial charge is 0.493 e. The number of esters is 1.